The van der Waals surface area contributed by atoms with E-state index in [2.05, 4.69) is 56.9 Å². The summed E-state index contributed by atoms with van der Waals surface area (Å²) in [7, 11) is 1.53. The molecule has 2 saturated heterocycles. The quantitative estimate of drug-likeness (QED) is 0.794. The maximum Gasteiger partial charge on any atom is 0.494 e. The summed E-state index contributed by atoms with van der Waals surface area (Å²) in [5, 5.41) is 0. The molecule has 1 unspecified atom stereocenters. The second-order valence-corrected chi connectivity index (χ2v) is 8.06. The highest BCUT2D eigenvalue weighted by atomic mass is 16.7. The van der Waals surface area contributed by atoms with E-state index in [1.807, 2.05) is 7.11 Å². The second-order valence-electron chi connectivity index (χ2n) is 8.06. The first-order valence-corrected chi connectivity index (χ1v) is 9.00. The van der Waals surface area contributed by atoms with Crippen molar-refractivity contribution in [3.8, 4) is 0 Å². The van der Waals surface area contributed by atoms with Crippen LogP contribution in [0.1, 0.15) is 46.1 Å². The van der Waals surface area contributed by atoms with Crippen LogP contribution in [0.5, 0.6) is 0 Å². The summed E-state index contributed by atoms with van der Waals surface area (Å²) in [5.74, 6) is 0. The summed E-state index contributed by atoms with van der Waals surface area (Å²) in [5.41, 5.74) is 1.83. The van der Waals surface area contributed by atoms with Crippen LogP contribution in [0.4, 0.5) is 0 Å². The van der Waals surface area contributed by atoms with Crippen molar-refractivity contribution in [2.24, 2.45) is 0 Å². The maximum absolute atomic E-state index is 6.12. The molecular weight excluding hydrogens is 301 g/mol. The average Bonchev–Trinajstić information content (AvgIpc) is 2.76. The summed E-state index contributed by atoms with van der Waals surface area (Å²) in [6.07, 6.45) is 2.76. The molecule has 0 radical (unpaired) electrons. The fourth-order valence-electron chi connectivity index (χ4n) is 3.37. The van der Waals surface area contributed by atoms with Gasteiger partial charge in [0, 0.05) is 20.2 Å². The van der Waals surface area contributed by atoms with E-state index in [-0.39, 0.29) is 18.3 Å². The molecule has 0 saturated carbocycles. The van der Waals surface area contributed by atoms with Gasteiger partial charge >= 0.3 is 7.12 Å². The standard InChI is InChI=1S/C19H30BNO3/c1-18(2)19(3,4)24-20(23-18)16-10-8-15(9-11-16)13-21-12-6-7-17(14-21)22-5/h8-11,17H,6-7,12-14H2,1-5H3. The molecule has 24 heavy (non-hydrogen) atoms. The fraction of sp³-hybridized carbons (Fsp3) is 0.684. The number of piperidine rings is 1. The SMILES string of the molecule is COC1CCCN(Cc2ccc(B3OC(C)(C)C(C)(C)O3)cc2)C1. The van der Waals surface area contributed by atoms with Gasteiger partial charge in [0.15, 0.2) is 0 Å². The van der Waals surface area contributed by atoms with Gasteiger partial charge in [0.2, 0.25) is 0 Å². The first kappa shape index (κ1) is 17.9. The molecule has 1 atom stereocenters. The lowest BCUT2D eigenvalue weighted by Gasteiger charge is -2.32. The molecule has 5 heteroatoms. The van der Waals surface area contributed by atoms with Crippen molar-refractivity contribution in [3.63, 3.8) is 0 Å². The van der Waals surface area contributed by atoms with E-state index in [1.54, 1.807) is 0 Å². The Kier molecular flexibility index (Phi) is 5.08. The van der Waals surface area contributed by atoms with Gasteiger partial charge < -0.3 is 14.0 Å². The highest BCUT2D eigenvalue weighted by Crippen LogP contribution is 2.36. The number of ether oxygens (including phenoxy) is 1. The molecule has 1 aromatic rings. The molecule has 132 valence electrons. The van der Waals surface area contributed by atoms with Crippen LogP contribution in [-0.4, -0.2) is 49.5 Å². The third-order valence-electron chi connectivity index (χ3n) is 5.71. The molecule has 1 aromatic carbocycles. The lowest BCUT2D eigenvalue weighted by Crippen LogP contribution is -2.41. The van der Waals surface area contributed by atoms with Gasteiger partial charge in [0.1, 0.15) is 0 Å². The van der Waals surface area contributed by atoms with Gasteiger partial charge in [-0.3, -0.25) is 4.90 Å². The maximum atomic E-state index is 6.12. The van der Waals surface area contributed by atoms with Gasteiger partial charge in [0.05, 0.1) is 17.3 Å². The number of benzene rings is 1. The van der Waals surface area contributed by atoms with Crippen molar-refractivity contribution in [1.82, 2.24) is 4.90 Å². The van der Waals surface area contributed by atoms with Crippen molar-refractivity contribution in [2.75, 3.05) is 20.2 Å². The van der Waals surface area contributed by atoms with Gasteiger partial charge in [-0.25, -0.2) is 0 Å². The van der Waals surface area contributed by atoms with Crippen molar-refractivity contribution < 1.29 is 14.0 Å². The minimum atomic E-state index is -0.292. The molecule has 4 nitrogen and oxygen atoms in total. The van der Waals surface area contributed by atoms with E-state index < -0.39 is 0 Å². The van der Waals surface area contributed by atoms with Crippen LogP contribution in [0, 0.1) is 0 Å². The first-order valence-electron chi connectivity index (χ1n) is 9.00. The smallest absolute Gasteiger partial charge is 0.399 e. The molecule has 2 aliphatic rings. The van der Waals surface area contributed by atoms with Crippen LogP contribution in [-0.2, 0) is 20.6 Å². The van der Waals surface area contributed by atoms with E-state index in [4.69, 9.17) is 14.0 Å². The Balaban J connectivity index is 1.62. The van der Waals surface area contributed by atoms with E-state index >= 15 is 0 Å². The van der Waals surface area contributed by atoms with Crippen molar-refractivity contribution in [3.05, 3.63) is 29.8 Å². The number of hydrogen-bond acceptors (Lipinski definition) is 4. The fourth-order valence-corrected chi connectivity index (χ4v) is 3.37. The Bertz CT molecular complexity index is 542. The van der Waals surface area contributed by atoms with Crippen LogP contribution in [0.15, 0.2) is 24.3 Å². The minimum absolute atomic E-state index is 0.281. The Morgan fingerprint density at radius 3 is 2.33 bits per heavy atom. The van der Waals surface area contributed by atoms with E-state index in [1.165, 1.54) is 18.4 Å². The third-order valence-corrected chi connectivity index (χ3v) is 5.71. The summed E-state index contributed by atoms with van der Waals surface area (Å²) in [6.45, 7) is 11.5. The minimum Gasteiger partial charge on any atom is -0.399 e. The van der Waals surface area contributed by atoms with Crippen molar-refractivity contribution in [1.29, 1.82) is 0 Å². The van der Waals surface area contributed by atoms with Crippen LogP contribution >= 0.6 is 0 Å². The Morgan fingerprint density at radius 2 is 1.75 bits per heavy atom. The Labute approximate surface area is 146 Å². The Hall–Kier alpha value is -0.875. The molecular formula is C19H30BNO3. The summed E-state index contributed by atoms with van der Waals surface area (Å²) >= 11 is 0. The number of likely N-dealkylation sites (tertiary alicyclic amines) is 1. The lowest BCUT2D eigenvalue weighted by molar-refractivity contribution is 0.00578. The molecule has 0 aromatic heterocycles. The van der Waals surface area contributed by atoms with Crippen LogP contribution in [0.25, 0.3) is 0 Å². The molecule has 0 aliphatic carbocycles. The molecule has 2 fully saturated rings. The predicted molar refractivity (Wildman–Crippen MR) is 97.5 cm³/mol. The molecule has 0 N–H and O–H groups in total. The molecule has 2 aliphatic heterocycles. The van der Waals surface area contributed by atoms with Gasteiger partial charge in [-0.05, 0) is 58.1 Å². The average molecular weight is 331 g/mol. The second kappa shape index (κ2) is 6.79. The summed E-state index contributed by atoms with van der Waals surface area (Å²) in [4.78, 5) is 2.47. The van der Waals surface area contributed by atoms with Crippen LogP contribution in [0.2, 0.25) is 0 Å². The van der Waals surface area contributed by atoms with Gasteiger partial charge in [-0.1, -0.05) is 24.3 Å². The first-order chi connectivity index (χ1) is 11.3. The van der Waals surface area contributed by atoms with Crippen LogP contribution in [0.3, 0.4) is 0 Å². The zero-order valence-electron chi connectivity index (χ0n) is 15.7. The van der Waals surface area contributed by atoms with E-state index in [0.29, 0.717) is 6.10 Å². The third kappa shape index (κ3) is 3.69. The topological polar surface area (TPSA) is 30.9 Å². The normalized spacial score (nSPS) is 26.7. The van der Waals surface area contributed by atoms with Gasteiger partial charge in [-0.2, -0.15) is 0 Å². The highest BCUT2D eigenvalue weighted by molar-refractivity contribution is 6.62. The molecule has 0 bridgehead atoms. The number of methoxy groups -OCH3 is 1. The van der Waals surface area contributed by atoms with Crippen LogP contribution < -0.4 is 5.46 Å². The molecule has 3 rings (SSSR count). The lowest BCUT2D eigenvalue weighted by atomic mass is 9.79. The van der Waals surface area contributed by atoms with Gasteiger partial charge in [-0.15, -0.1) is 0 Å². The largest absolute Gasteiger partial charge is 0.494 e. The summed E-state index contributed by atoms with van der Waals surface area (Å²) in [6, 6.07) is 8.65. The zero-order chi connectivity index (χ0) is 17.4. The Morgan fingerprint density at radius 1 is 1.12 bits per heavy atom. The number of rotatable bonds is 4. The van der Waals surface area contributed by atoms with Crippen molar-refractivity contribution in [2.45, 2.75) is 64.4 Å². The molecule has 0 spiro atoms. The summed E-state index contributed by atoms with van der Waals surface area (Å²) < 4.78 is 17.7. The molecule has 2 heterocycles. The van der Waals surface area contributed by atoms with Gasteiger partial charge in [0.25, 0.3) is 0 Å². The zero-order valence-corrected chi connectivity index (χ0v) is 15.7. The highest BCUT2D eigenvalue weighted by Gasteiger charge is 2.51. The molecule has 0 amide bonds. The number of nitrogens with zero attached hydrogens (tertiary/aromatic N) is 1. The monoisotopic (exact) mass is 331 g/mol. The van der Waals surface area contributed by atoms with E-state index in [0.717, 1.165) is 25.1 Å². The number of hydrogen-bond donors (Lipinski definition) is 0. The predicted octanol–water partition coefficient (Wildman–Crippen LogP) is 2.60. The van der Waals surface area contributed by atoms with E-state index in [9.17, 15) is 0 Å². The van der Waals surface area contributed by atoms with Crippen molar-refractivity contribution >= 4 is 12.6 Å².